The molecule has 0 saturated heterocycles. The number of ether oxygens (including phenoxy) is 1. The molecule has 9 heteroatoms. The molecule has 0 unspecified atom stereocenters. The van der Waals surface area contributed by atoms with E-state index in [1.807, 2.05) is 43.3 Å². The standard InChI is InChI=1S/C24H23N5O3S/c1-3-6-19-21(11-10-18(15(2)30)22(19)31)32-14-16-7-4-8-17(13-16)33-24-20(9-5-12-25-24)23-26-28-29-27-23/h4-5,7-13,31H,3,6,14H2,1-2H3,(H,26,27,28,29). The summed E-state index contributed by atoms with van der Waals surface area (Å²) in [5.41, 5.74) is 2.74. The Morgan fingerprint density at radius 2 is 2.06 bits per heavy atom. The van der Waals surface area contributed by atoms with Crippen molar-refractivity contribution < 1.29 is 14.6 Å². The summed E-state index contributed by atoms with van der Waals surface area (Å²) >= 11 is 1.50. The van der Waals surface area contributed by atoms with Crippen LogP contribution in [0, 0.1) is 0 Å². The normalized spacial score (nSPS) is 10.8. The highest BCUT2D eigenvalue weighted by atomic mass is 32.2. The van der Waals surface area contributed by atoms with Crippen LogP contribution >= 0.6 is 11.8 Å². The second-order valence-corrected chi connectivity index (χ2v) is 8.44. The number of rotatable bonds is 9. The Morgan fingerprint density at radius 3 is 2.82 bits per heavy atom. The Kier molecular flexibility index (Phi) is 6.99. The lowest BCUT2D eigenvalue weighted by atomic mass is 10.0. The first-order valence-corrected chi connectivity index (χ1v) is 11.3. The molecule has 0 bridgehead atoms. The number of Topliss-reactive ketones (excluding diaryl/α,β-unsaturated/α-hetero) is 1. The van der Waals surface area contributed by atoms with E-state index in [0.717, 1.165) is 27.5 Å². The van der Waals surface area contributed by atoms with Crippen LogP contribution in [0.15, 0.2) is 64.6 Å². The van der Waals surface area contributed by atoms with Crippen LogP contribution in [0.2, 0.25) is 0 Å². The van der Waals surface area contributed by atoms with Crippen molar-refractivity contribution in [1.29, 1.82) is 0 Å². The molecule has 2 heterocycles. The fraction of sp³-hybridized carbons (Fsp3) is 0.208. The molecule has 0 amide bonds. The first kappa shape index (κ1) is 22.5. The van der Waals surface area contributed by atoms with Gasteiger partial charge in [0.1, 0.15) is 23.1 Å². The predicted molar refractivity (Wildman–Crippen MR) is 124 cm³/mol. The molecule has 0 aliphatic rings. The molecule has 0 aliphatic carbocycles. The quantitative estimate of drug-likeness (QED) is 0.340. The van der Waals surface area contributed by atoms with E-state index in [4.69, 9.17) is 4.74 Å². The Balaban J connectivity index is 1.53. The maximum atomic E-state index is 11.8. The van der Waals surface area contributed by atoms with E-state index in [2.05, 4.69) is 25.6 Å². The zero-order valence-corrected chi connectivity index (χ0v) is 19.1. The molecule has 8 nitrogen and oxygen atoms in total. The molecule has 168 valence electrons. The highest BCUT2D eigenvalue weighted by Gasteiger charge is 2.16. The molecule has 2 N–H and O–H groups in total. The molecule has 2 aromatic carbocycles. The number of phenolic OH excluding ortho intramolecular Hbond substituents is 1. The number of pyridine rings is 1. The van der Waals surface area contributed by atoms with Gasteiger partial charge in [-0.15, -0.1) is 10.2 Å². The number of hydrogen-bond donors (Lipinski definition) is 2. The molecule has 0 saturated carbocycles. The number of ketones is 1. The van der Waals surface area contributed by atoms with Crippen molar-refractivity contribution in [2.24, 2.45) is 0 Å². The second-order valence-electron chi connectivity index (χ2n) is 7.37. The molecule has 0 spiro atoms. The van der Waals surface area contributed by atoms with Gasteiger partial charge >= 0.3 is 0 Å². The summed E-state index contributed by atoms with van der Waals surface area (Å²) in [6.07, 6.45) is 3.17. The van der Waals surface area contributed by atoms with Gasteiger partial charge in [-0.25, -0.2) is 4.98 Å². The number of aromatic hydroxyl groups is 1. The molecular weight excluding hydrogens is 438 g/mol. The van der Waals surface area contributed by atoms with E-state index in [1.165, 1.54) is 18.7 Å². The van der Waals surface area contributed by atoms with Crippen molar-refractivity contribution in [3.8, 4) is 22.9 Å². The Morgan fingerprint density at radius 1 is 1.18 bits per heavy atom. The van der Waals surface area contributed by atoms with Crippen LogP contribution in [0.5, 0.6) is 11.5 Å². The van der Waals surface area contributed by atoms with E-state index in [1.54, 1.807) is 18.3 Å². The van der Waals surface area contributed by atoms with Crippen molar-refractivity contribution in [3.05, 3.63) is 71.4 Å². The van der Waals surface area contributed by atoms with Crippen molar-refractivity contribution in [2.45, 2.75) is 43.2 Å². The maximum Gasteiger partial charge on any atom is 0.207 e. The van der Waals surface area contributed by atoms with E-state index < -0.39 is 0 Å². The van der Waals surface area contributed by atoms with Crippen LogP contribution in [0.4, 0.5) is 0 Å². The van der Waals surface area contributed by atoms with Gasteiger partial charge in [-0.3, -0.25) is 4.79 Å². The van der Waals surface area contributed by atoms with Gasteiger partial charge in [-0.2, -0.15) is 5.21 Å². The molecule has 4 rings (SSSR count). The molecule has 33 heavy (non-hydrogen) atoms. The third-order valence-corrected chi connectivity index (χ3v) is 5.99. The zero-order chi connectivity index (χ0) is 23.2. The average molecular weight is 462 g/mol. The van der Waals surface area contributed by atoms with Crippen molar-refractivity contribution in [1.82, 2.24) is 25.6 Å². The SMILES string of the molecule is CCCc1c(OCc2cccc(Sc3ncccc3-c3nn[nH]n3)c2)ccc(C(C)=O)c1O. The van der Waals surface area contributed by atoms with Gasteiger partial charge < -0.3 is 9.84 Å². The molecular formula is C24H23N5O3S. The highest BCUT2D eigenvalue weighted by molar-refractivity contribution is 7.99. The Bertz CT molecular complexity index is 1260. The minimum Gasteiger partial charge on any atom is -0.507 e. The van der Waals surface area contributed by atoms with E-state index in [0.29, 0.717) is 35.7 Å². The molecule has 2 aromatic heterocycles. The number of aromatic amines is 1. The lowest BCUT2D eigenvalue weighted by Crippen LogP contribution is -2.02. The van der Waals surface area contributed by atoms with Crippen molar-refractivity contribution >= 4 is 17.5 Å². The van der Waals surface area contributed by atoms with E-state index >= 15 is 0 Å². The topological polar surface area (TPSA) is 114 Å². The molecule has 0 fully saturated rings. The van der Waals surface area contributed by atoms with Crippen LogP contribution in [0.1, 0.15) is 41.8 Å². The number of carbonyl (C=O) groups excluding carboxylic acids is 1. The summed E-state index contributed by atoms with van der Waals surface area (Å²) in [5.74, 6) is 0.912. The molecule has 0 aliphatic heterocycles. The van der Waals surface area contributed by atoms with E-state index in [9.17, 15) is 9.90 Å². The summed E-state index contributed by atoms with van der Waals surface area (Å²) in [6, 6.07) is 15.1. The number of tetrazole rings is 1. The number of nitrogens with zero attached hydrogens (tertiary/aromatic N) is 4. The third-order valence-electron chi connectivity index (χ3n) is 4.98. The van der Waals surface area contributed by atoms with Crippen LogP contribution in [-0.4, -0.2) is 36.5 Å². The van der Waals surface area contributed by atoms with Gasteiger partial charge in [-0.1, -0.05) is 37.2 Å². The summed E-state index contributed by atoms with van der Waals surface area (Å²) in [4.78, 5) is 17.2. The first-order chi connectivity index (χ1) is 16.1. The van der Waals surface area contributed by atoms with Crippen molar-refractivity contribution in [3.63, 3.8) is 0 Å². The van der Waals surface area contributed by atoms with Crippen LogP contribution < -0.4 is 4.74 Å². The monoisotopic (exact) mass is 461 g/mol. The first-order valence-electron chi connectivity index (χ1n) is 10.5. The third kappa shape index (κ3) is 5.20. The lowest BCUT2D eigenvalue weighted by molar-refractivity contribution is 0.101. The Hall–Kier alpha value is -3.72. The molecule has 4 aromatic rings. The smallest absolute Gasteiger partial charge is 0.207 e. The molecule has 0 radical (unpaired) electrons. The zero-order valence-electron chi connectivity index (χ0n) is 18.3. The van der Waals surface area contributed by atoms with Crippen molar-refractivity contribution in [2.75, 3.05) is 0 Å². The van der Waals surface area contributed by atoms with Gasteiger partial charge in [0, 0.05) is 16.7 Å². The van der Waals surface area contributed by atoms with Crippen LogP contribution in [0.3, 0.4) is 0 Å². The maximum absolute atomic E-state index is 11.8. The number of nitrogens with one attached hydrogen (secondary N) is 1. The fourth-order valence-electron chi connectivity index (χ4n) is 3.42. The number of H-pyrrole nitrogens is 1. The minimum atomic E-state index is -0.171. The van der Waals surface area contributed by atoms with Crippen LogP contribution in [0.25, 0.3) is 11.4 Å². The van der Waals surface area contributed by atoms with Gasteiger partial charge in [0.05, 0.1) is 11.1 Å². The number of phenols is 1. The van der Waals surface area contributed by atoms with Crippen LogP contribution in [-0.2, 0) is 13.0 Å². The van der Waals surface area contributed by atoms with Gasteiger partial charge in [-0.05, 0) is 60.5 Å². The average Bonchev–Trinajstić information content (AvgIpc) is 3.35. The summed E-state index contributed by atoms with van der Waals surface area (Å²) < 4.78 is 6.05. The Labute approximate surface area is 195 Å². The summed E-state index contributed by atoms with van der Waals surface area (Å²) in [7, 11) is 0. The second kappa shape index (κ2) is 10.3. The molecule has 0 atom stereocenters. The largest absolute Gasteiger partial charge is 0.507 e. The summed E-state index contributed by atoms with van der Waals surface area (Å²) in [5, 5.41) is 25.5. The highest BCUT2D eigenvalue weighted by Crippen LogP contribution is 2.35. The van der Waals surface area contributed by atoms with Gasteiger partial charge in [0.25, 0.3) is 0 Å². The number of carbonyl (C=O) groups is 1. The van der Waals surface area contributed by atoms with E-state index in [-0.39, 0.29) is 11.5 Å². The minimum absolute atomic E-state index is 0.00954. The van der Waals surface area contributed by atoms with Gasteiger partial charge in [0.2, 0.25) is 5.82 Å². The summed E-state index contributed by atoms with van der Waals surface area (Å²) in [6.45, 7) is 3.79. The van der Waals surface area contributed by atoms with Gasteiger partial charge in [0.15, 0.2) is 5.78 Å². The lowest BCUT2D eigenvalue weighted by Gasteiger charge is -2.15. The predicted octanol–water partition coefficient (Wildman–Crippen LogP) is 4.85. The number of hydrogen-bond acceptors (Lipinski definition) is 8. The fourth-order valence-corrected chi connectivity index (χ4v) is 4.38. The number of aromatic nitrogens is 5. The number of benzene rings is 2.